The molecule has 3 atom stereocenters. The lowest BCUT2D eigenvalue weighted by Crippen LogP contribution is -2.58. The Balaban J connectivity index is 2.05. The summed E-state index contributed by atoms with van der Waals surface area (Å²) >= 11 is 0. The number of hydrogen-bond donors (Lipinski definition) is 4. The van der Waals surface area contributed by atoms with Crippen LogP contribution in [-0.2, 0) is 15.1 Å². The van der Waals surface area contributed by atoms with Crippen molar-refractivity contribution in [3.8, 4) is 0 Å². The summed E-state index contributed by atoms with van der Waals surface area (Å²) in [4.78, 5) is 27.4. The molecule has 2 heterocycles. The van der Waals surface area contributed by atoms with E-state index in [9.17, 15) is 19.8 Å². The van der Waals surface area contributed by atoms with Gasteiger partial charge in [0.2, 0.25) is 0 Å². The van der Waals surface area contributed by atoms with Crippen LogP contribution in [0.25, 0.3) is 10.9 Å². The van der Waals surface area contributed by atoms with E-state index in [1.165, 1.54) is 0 Å². The Morgan fingerprint density at radius 2 is 1.71 bits per heavy atom. The highest BCUT2D eigenvalue weighted by molar-refractivity contribution is 5.89. The van der Waals surface area contributed by atoms with Gasteiger partial charge in [0.15, 0.2) is 0 Å². The molecule has 0 saturated carbocycles. The SMILES string of the molecule is CC[C@@]1(CC(=O)O)N[C@@H](C(=O)O)[C@H](c2ccccc2)c2c1[nH]c1ccccc21. The maximum Gasteiger partial charge on any atom is 0.321 e. The van der Waals surface area contributed by atoms with E-state index >= 15 is 0 Å². The van der Waals surface area contributed by atoms with E-state index < -0.39 is 29.4 Å². The Labute approximate surface area is 162 Å². The first kappa shape index (κ1) is 18.3. The lowest BCUT2D eigenvalue weighted by Gasteiger charge is -2.43. The molecule has 1 aliphatic rings. The highest BCUT2D eigenvalue weighted by Crippen LogP contribution is 2.46. The molecule has 6 nitrogen and oxygen atoms in total. The predicted octanol–water partition coefficient (Wildman–Crippen LogP) is 3.44. The van der Waals surface area contributed by atoms with Crippen LogP contribution >= 0.6 is 0 Å². The first-order valence-electron chi connectivity index (χ1n) is 9.35. The molecule has 0 saturated heterocycles. The zero-order valence-corrected chi connectivity index (χ0v) is 15.5. The van der Waals surface area contributed by atoms with Gasteiger partial charge < -0.3 is 15.2 Å². The molecular weight excluding hydrogens is 356 g/mol. The van der Waals surface area contributed by atoms with Gasteiger partial charge in [-0.25, -0.2) is 0 Å². The molecule has 3 aromatic rings. The van der Waals surface area contributed by atoms with Crippen molar-refractivity contribution in [1.29, 1.82) is 0 Å². The van der Waals surface area contributed by atoms with Gasteiger partial charge in [-0.3, -0.25) is 14.9 Å². The van der Waals surface area contributed by atoms with Gasteiger partial charge in [-0.05, 0) is 23.6 Å². The summed E-state index contributed by atoms with van der Waals surface area (Å²) in [6.45, 7) is 1.88. The lowest BCUT2D eigenvalue weighted by atomic mass is 9.72. The van der Waals surface area contributed by atoms with Crippen LogP contribution in [0.3, 0.4) is 0 Å². The minimum absolute atomic E-state index is 0.200. The van der Waals surface area contributed by atoms with Crippen molar-refractivity contribution in [3.05, 3.63) is 71.4 Å². The number of hydrogen-bond acceptors (Lipinski definition) is 3. The molecular formula is C22H22N2O4. The fourth-order valence-corrected chi connectivity index (χ4v) is 4.51. The van der Waals surface area contributed by atoms with E-state index in [0.717, 1.165) is 27.7 Å². The molecule has 0 bridgehead atoms. The van der Waals surface area contributed by atoms with Crippen molar-refractivity contribution in [3.63, 3.8) is 0 Å². The Kier molecular flexibility index (Phi) is 4.43. The third kappa shape index (κ3) is 2.77. The van der Waals surface area contributed by atoms with Crippen molar-refractivity contribution in [2.45, 2.75) is 37.3 Å². The molecule has 144 valence electrons. The predicted molar refractivity (Wildman–Crippen MR) is 105 cm³/mol. The second-order valence-corrected chi connectivity index (χ2v) is 7.31. The number of para-hydroxylation sites is 1. The van der Waals surface area contributed by atoms with Gasteiger partial charge in [-0.1, -0.05) is 55.5 Å². The normalized spacial score (nSPS) is 24.0. The highest BCUT2D eigenvalue weighted by atomic mass is 16.4. The number of carboxylic acid groups (broad SMARTS) is 2. The van der Waals surface area contributed by atoms with Crippen LogP contribution in [0.15, 0.2) is 54.6 Å². The molecule has 4 rings (SSSR count). The summed E-state index contributed by atoms with van der Waals surface area (Å²) in [6, 6.07) is 16.3. The Hall–Kier alpha value is -3.12. The fraction of sp³-hybridized carbons (Fsp3) is 0.273. The molecule has 2 aromatic carbocycles. The van der Waals surface area contributed by atoms with Crippen molar-refractivity contribution in [1.82, 2.24) is 10.3 Å². The van der Waals surface area contributed by atoms with Gasteiger partial charge in [-0.2, -0.15) is 0 Å². The van der Waals surface area contributed by atoms with Gasteiger partial charge in [0.25, 0.3) is 0 Å². The van der Waals surface area contributed by atoms with Gasteiger partial charge in [-0.15, -0.1) is 0 Å². The van der Waals surface area contributed by atoms with Gasteiger partial charge in [0.1, 0.15) is 6.04 Å². The zero-order chi connectivity index (χ0) is 19.9. The number of benzene rings is 2. The van der Waals surface area contributed by atoms with E-state index in [1.54, 1.807) is 0 Å². The Morgan fingerprint density at radius 1 is 1.04 bits per heavy atom. The van der Waals surface area contributed by atoms with Crippen LogP contribution < -0.4 is 5.32 Å². The Morgan fingerprint density at radius 3 is 2.36 bits per heavy atom. The van der Waals surface area contributed by atoms with Crippen LogP contribution in [0.4, 0.5) is 0 Å². The van der Waals surface area contributed by atoms with Gasteiger partial charge >= 0.3 is 11.9 Å². The number of aromatic nitrogens is 1. The summed E-state index contributed by atoms with van der Waals surface area (Å²) in [6.07, 6.45) is 0.249. The van der Waals surface area contributed by atoms with Crippen LogP contribution in [0.1, 0.15) is 42.5 Å². The Bertz CT molecular complexity index is 1040. The van der Waals surface area contributed by atoms with Crippen LogP contribution in [-0.4, -0.2) is 33.2 Å². The smallest absolute Gasteiger partial charge is 0.321 e. The van der Waals surface area contributed by atoms with Crippen molar-refractivity contribution >= 4 is 22.8 Å². The van der Waals surface area contributed by atoms with E-state index in [0.29, 0.717) is 6.42 Å². The maximum atomic E-state index is 12.3. The minimum atomic E-state index is -0.993. The molecule has 0 unspecified atom stereocenters. The second-order valence-electron chi connectivity index (χ2n) is 7.31. The summed E-state index contributed by atoms with van der Waals surface area (Å²) in [5.41, 5.74) is 2.42. The first-order chi connectivity index (χ1) is 13.5. The lowest BCUT2D eigenvalue weighted by molar-refractivity contribution is -0.144. The average molecular weight is 378 g/mol. The molecule has 0 radical (unpaired) electrons. The number of carbonyl (C=O) groups is 2. The molecule has 0 fully saturated rings. The number of nitrogens with one attached hydrogen (secondary N) is 2. The van der Waals surface area contributed by atoms with Gasteiger partial charge in [0.05, 0.1) is 12.0 Å². The summed E-state index contributed by atoms with van der Waals surface area (Å²) in [5.74, 6) is -2.40. The molecule has 0 aliphatic carbocycles. The quantitative estimate of drug-likeness (QED) is 0.545. The van der Waals surface area contributed by atoms with E-state index in [1.807, 2.05) is 61.5 Å². The molecule has 1 aliphatic heterocycles. The highest BCUT2D eigenvalue weighted by Gasteiger charge is 2.49. The average Bonchev–Trinajstić information content (AvgIpc) is 3.08. The summed E-state index contributed by atoms with van der Waals surface area (Å²) in [5, 5.41) is 23.8. The molecule has 28 heavy (non-hydrogen) atoms. The number of carboxylic acids is 2. The summed E-state index contributed by atoms with van der Waals surface area (Å²) < 4.78 is 0. The molecule has 6 heteroatoms. The number of aromatic amines is 1. The topological polar surface area (TPSA) is 102 Å². The molecule has 0 amide bonds. The third-order valence-electron chi connectivity index (χ3n) is 5.78. The number of fused-ring (bicyclic) bond motifs is 3. The van der Waals surface area contributed by atoms with E-state index in [-0.39, 0.29) is 6.42 Å². The standard InChI is InChI=1S/C22H22N2O4/c1-2-22(12-16(25)26)20-18(14-10-6-7-11-15(14)23-20)17(19(24-22)21(27)28)13-8-4-3-5-9-13/h3-11,17,19,23-24H,2,12H2,1H3,(H,25,26)(H,27,28)/t17-,19-,22+/m1/s1. The van der Waals surface area contributed by atoms with Crippen LogP contribution in [0.2, 0.25) is 0 Å². The number of H-pyrrole nitrogens is 1. The summed E-state index contributed by atoms with van der Waals surface area (Å²) in [7, 11) is 0. The molecule has 0 spiro atoms. The van der Waals surface area contributed by atoms with E-state index in [4.69, 9.17) is 0 Å². The fourth-order valence-electron chi connectivity index (χ4n) is 4.51. The molecule has 4 N–H and O–H groups in total. The van der Waals surface area contributed by atoms with Crippen LogP contribution in [0, 0.1) is 0 Å². The maximum absolute atomic E-state index is 12.3. The number of rotatable bonds is 5. The third-order valence-corrected chi connectivity index (χ3v) is 5.78. The zero-order valence-electron chi connectivity index (χ0n) is 15.5. The largest absolute Gasteiger partial charge is 0.481 e. The van der Waals surface area contributed by atoms with Crippen molar-refractivity contribution < 1.29 is 19.8 Å². The first-order valence-corrected chi connectivity index (χ1v) is 9.35. The minimum Gasteiger partial charge on any atom is -0.481 e. The second kappa shape index (κ2) is 6.80. The number of aliphatic carboxylic acids is 2. The van der Waals surface area contributed by atoms with Crippen molar-refractivity contribution in [2.24, 2.45) is 0 Å². The monoisotopic (exact) mass is 378 g/mol. The van der Waals surface area contributed by atoms with Gasteiger partial charge in [0, 0.05) is 22.5 Å². The van der Waals surface area contributed by atoms with E-state index in [2.05, 4.69) is 10.3 Å². The van der Waals surface area contributed by atoms with Crippen molar-refractivity contribution in [2.75, 3.05) is 0 Å². The molecule has 1 aromatic heterocycles. The van der Waals surface area contributed by atoms with Crippen LogP contribution in [0.5, 0.6) is 0 Å².